The molecule has 1 amide bonds. The first-order valence-corrected chi connectivity index (χ1v) is 9.04. The lowest BCUT2D eigenvalue weighted by molar-refractivity contribution is -0.133. The van der Waals surface area contributed by atoms with Gasteiger partial charge in [-0.1, -0.05) is 18.2 Å². The molecular formula is C20H21N5O2. The summed E-state index contributed by atoms with van der Waals surface area (Å²) in [4.78, 5) is 37.4. The summed E-state index contributed by atoms with van der Waals surface area (Å²) >= 11 is 0. The minimum atomic E-state index is -0.253. The molecule has 4 rings (SSSR count). The number of amides is 1. The van der Waals surface area contributed by atoms with Crippen LogP contribution in [0, 0.1) is 0 Å². The number of aromatic nitrogens is 3. The van der Waals surface area contributed by atoms with Crippen LogP contribution in [0.3, 0.4) is 0 Å². The van der Waals surface area contributed by atoms with E-state index in [4.69, 9.17) is 0 Å². The molecule has 3 aromatic rings. The molecule has 0 N–H and O–H groups in total. The van der Waals surface area contributed by atoms with Crippen molar-refractivity contribution in [2.24, 2.45) is 0 Å². The summed E-state index contributed by atoms with van der Waals surface area (Å²) in [5.74, 6) is -0.0329. The number of hydrogen-bond donors (Lipinski definition) is 0. The molecule has 0 aliphatic carbocycles. The highest BCUT2D eigenvalue weighted by Gasteiger charge is 2.22. The number of piperazine rings is 1. The van der Waals surface area contributed by atoms with Crippen LogP contribution in [0.15, 0.2) is 59.8 Å². The van der Waals surface area contributed by atoms with Gasteiger partial charge in [0.2, 0.25) is 5.91 Å². The van der Waals surface area contributed by atoms with E-state index in [1.54, 1.807) is 6.20 Å². The van der Waals surface area contributed by atoms with Crippen molar-refractivity contribution >= 4 is 16.9 Å². The second-order valence-corrected chi connectivity index (χ2v) is 6.69. The second-order valence-electron chi connectivity index (χ2n) is 6.69. The van der Waals surface area contributed by atoms with Gasteiger partial charge < -0.3 is 4.90 Å². The van der Waals surface area contributed by atoms with Crippen molar-refractivity contribution in [2.45, 2.75) is 13.1 Å². The Morgan fingerprint density at radius 1 is 1.00 bits per heavy atom. The average Bonchev–Trinajstić information content (AvgIpc) is 2.71. The van der Waals surface area contributed by atoms with Gasteiger partial charge in [0.25, 0.3) is 5.56 Å². The zero-order valence-electron chi connectivity index (χ0n) is 15.0. The number of benzene rings is 1. The predicted octanol–water partition coefficient (Wildman–Crippen LogP) is 1.14. The molecule has 1 saturated heterocycles. The third-order valence-electron chi connectivity index (χ3n) is 4.90. The van der Waals surface area contributed by atoms with Crippen LogP contribution in [0.25, 0.3) is 11.0 Å². The fourth-order valence-electron chi connectivity index (χ4n) is 3.42. The molecule has 2 aromatic heterocycles. The van der Waals surface area contributed by atoms with Crippen LogP contribution in [-0.2, 0) is 17.9 Å². The number of fused-ring (bicyclic) bond motifs is 1. The number of carbonyl (C=O) groups excluding carboxylic acids is 1. The molecule has 0 saturated carbocycles. The monoisotopic (exact) mass is 363 g/mol. The maximum absolute atomic E-state index is 12.7. The highest BCUT2D eigenvalue weighted by atomic mass is 16.2. The maximum Gasteiger partial charge on any atom is 0.269 e. The molecule has 0 radical (unpaired) electrons. The molecule has 0 bridgehead atoms. The van der Waals surface area contributed by atoms with Gasteiger partial charge in [0.1, 0.15) is 6.54 Å². The first-order chi connectivity index (χ1) is 13.2. The van der Waals surface area contributed by atoms with Crippen LogP contribution >= 0.6 is 0 Å². The molecule has 27 heavy (non-hydrogen) atoms. The molecule has 0 spiro atoms. The Morgan fingerprint density at radius 3 is 2.59 bits per heavy atom. The minimum absolute atomic E-state index is 0.0329. The van der Waals surface area contributed by atoms with E-state index in [1.807, 2.05) is 41.4 Å². The summed E-state index contributed by atoms with van der Waals surface area (Å²) in [6.45, 7) is 3.84. The SMILES string of the molecule is O=C(Cn1c(=O)cnc2ccccc21)N1CCN(Cc2cccnc2)CC1. The molecule has 3 heterocycles. The van der Waals surface area contributed by atoms with Crippen molar-refractivity contribution in [3.63, 3.8) is 0 Å². The summed E-state index contributed by atoms with van der Waals surface area (Å²) in [7, 11) is 0. The van der Waals surface area contributed by atoms with Gasteiger partial charge in [0, 0.05) is 45.1 Å². The smallest absolute Gasteiger partial charge is 0.269 e. The van der Waals surface area contributed by atoms with E-state index in [0.29, 0.717) is 24.1 Å². The molecule has 1 aromatic carbocycles. The van der Waals surface area contributed by atoms with Gasteiger partial charge in [-0.15, -0.1) is 0 Å². The van der Waals surface area contributed by atoms with Gasteiger partial charge in [-0.25, -0.2) is 4.98 Å². The number of hydrogen-bond acceptors (Lipinski definition) is 5. The van der Waals surface area contributed by atoms with Crippen molar-refractivity contribution in [1.29, 1.82) is 0 Å². The van der Waals surface area contributed by atoms with E-state index in [-0.39, 0.29) is 18.0 Å². The quantitative estimate of drug-likeness (QED) is 0.695. The summed E-state index contributed by atoms with van der Waals surface area (Å²) in [5, 5.41) is 0. The molecule has 1 aliphatic rings. The highest BCUT2D eigenvalue weighted by molar-refractivity contribution is 5.80. The lowest BCUT2D eigenvalue weighted by atomic mass is 10.2. The summed E-state index contributed by atoms with van der Waals surface area (Å²) in [6.07, 6.45) is 4.92. The summed E-state index contributed by atoms with van der Waals surface area (Å²) < 4.78 is 1.51. The standard InChI is InChI=1S/C20H21N5O2/c26-19-13-22-17-5-1-2-6-18(17)25(19)15-20(27)24-10-8-23(9-11-24)14-16-4-3-7-21-12-16/h1-7,12-13H,8-11,14-15H2. The van der Waals surface area contributed by atoms with Crippen LogP contribution < -0.4 is 5.56 Å². The zero-order chi connectivity index (χ0) is 18.6. The van der Waals surface area contributed by atoms with Crippen molar-refractivity contribution in [2.75, 3.05) is 26.2 Å². The topological polar surface area (TPSA) is 71.3 Å². The maximum atomic E-state index is 12.7. The van der Waals surface area contributed by atoms with Crippen molar-refractivity contribution in [3.05, 3.63) is 70.9 Å². The van der Waals surface area contributed by atoms with Crippen molar-refractivity contribution in [3.8, 4) is 0 Å². The second kappa shape index (κ2) is 7.67. The number of pyridine rings is 1. The van der Waals surface area contributed by atoms with Gasteiger partial charge in [-0.05, 0) is 23.8 Å². The molecule has 138 valence electrons. The molecule has 1 fully saturated rings. The fraction of sp³-hybridized carbons (Fsp3) is 0.300. The Labute approximate surface area is 156 Å². The first kappa shape index (κ1) is 17.4. The third-order valence-corrected chi connectivity index (χ3v) is 4.90. The first-order valence-electron chi connectivity index (χ1n) is 9.04. The zero-order valence-corrected chi connectivity index (χ0v) is 15.0. The Bertz CT molecular complexity index is 994. The van der Waals surface area contributed by atoms with E-state index in [9.17, 15) is 9.59 Å². The Kier molecular flexibility index (Phi) is 4.93. The molecule has 7 nitrogen and oxygen atoms in total. The predicted molar refractivity (Wildman–Crippen MR) is 102 cm³/mol. The van der Waals surface area contributed by atoms with Crippen molar-refractivity contribution < 1.29 is 4.79 Å². The normalized spacial score (nSPS) is 15.2. The van der Waals surface area contributed by atoms with Gasteiger partial charge >= 0.3 is 0 Å². The number of nitrogens with zero attached hydrogens (tertiary/aromatic N) is 5. The summed E-state index contributed by atoms with van der Waals surface area (Å²) in [6, 6.07) is 11.4. The molecule has 0 atom stereocenters. The van der Waals surface area contributed by atoms with Crippen LogP contribution in [0.4, 0.5) is 0 Å². The fourth-order valence-corrected chi connectivity index (χ4v) is 3.42. The van der Waals surface area contributed by atoms with Crippen LogP contribution in [-0.4, -0.2) is 56.4 Å². The Hall–Kier alpha value is -3.06. The van der Waals surface area contributed by atoms with E-state index < -0.39 is 0 Å². The van der Waals surface area contributed by atoms with Gasteiger partial charge in [0.15, 0.2) is 0 Å². The van der Waals surface area contributed by atoms with Gasteiger partial charge in [0.05, 0.1) is 17.2 Å². The van der Waals surface area contributed by atoms with E-state index in [2.05, 4.69) is 20.9 Å². The van der Waals surface area contributed by atoms with Crippen LogP contribution in [0.5, 0.6) is 0 Å². The lowest BCUT2D eigenvalue weighted by Gasteiger charge is -2.34. The number of carbonyl (C=O) groups is 1. The number of para-hydroxylation sites is 2. The molecule has 0 unspecified atom stereocenters. The average molecular weight is 363 g/mol. The largest absolute Gasteiger partial charge is 0.339 e. The van der Waals surface area contributed by atoms with E-state index in [1.165, 1.54) is 16.3 Å². The molecular weight excluding hydrogens is 342 g/mol. The van der Waals surface area contributed by atoms with Crippen LogP contribution in [0.1, 0.15) is 5.56 Å². The van der Waals surface area contributed by atoms with E-state index in [0.717, 1.165) is 19.6 Å². The van der Waals surface area contributed by atoms with Gasteiger partial charge in [-0.3, -0.25) is 24.0 Å². The van der Waals surface area contributed by atoms with E-state index >= 15 is 0 Å². The minimum Gasteiger partial charge on any atom is -0.339 e. The highest BCUT2D eigenvalue weighted by Crippen LogP contribution is 2.11. The van der Waals surface area contributed by atoms with Crippen molar-refractivity contribution in [1.82, 2.24) is 24.3 Å². The summed E-state index contributed by atoms with van der Waals surface area (Å²) in [5.41, 5.74) is 2.32. The number of rotatable bonds is 4. The lowest BCUT2D eigenvalue weighted by Crippen LogP contribution is -2.49. The third kappa shape index (κ3) is 3.88. The Morgan fingerprint density at radius 2 is 1.81 bits per heavy atom. The Balaban J connectivity index is 1.40. The van der Waals surface area contributed by atoms with Gasteiger partial charge in [-0.2, -0.15) is 0 Å². The molecule has 1 aliphatic heterocycles. The van der Waals surface area contributed by atoms with Crippen LogP contribution in [0.2, 0.25) is 0 Å². The molecule has 7 heteroatoms.